The number of aliphatic hydroxyl groups is 4. The minimum absolute atomic E-state index is 0.0228. The maximum Gasteiger partial charge on any atom is 0.303 e. The summed E-state index contributed by atoms with van der Waals surface area (Å²) in [6, 6.07) is 0. The van der Waals surface area contributed by atoms with Gasteiger partial charge in [-0.2, -0.15) is 0 Å². The van der Waals surface area contributed by atoms with Crippen LogP contribution in [0.4, 0.5) is 0 Å². The summed E-state index contributed by atoms with van der Waals surface area (Å²) in [7, 11) is 0. The molecule has 0 aromatic heterocycles. The van der Waals surface area contributed by atoms with Crippen molar-refractivity contribution in [3.8, 4) is 0 Å². The van der Waals surface area contributed by atoms with Crippen molar-refractivity contribution >= 4 is 5.97 Å². The van der Waals surface area contributed by atoms with Crippen LogP contribution in [-0.2, 0) is 4.79 Å². The SMILES string of the molecule is CC(O)CCCC(O)C=CC1C(O)CC(O)C1CCCCCCC(=O)O. The van der Waals surface area contributed by atoms with Gasteiger partial charge in [0, 0.05) is 18.8 Å². The average Bonchev–Trinajstić information content (AvgIpc) is 2.81. The number of hydrogen-bond acceptors (Lipinski definition) is 5. The number of aliphatic carboxylic acids is 1. The van der Waals surface area contributed by atoms with Gasteiger partial charge in [0.15, 0.2) is 0 Å². The Hall–Kier alpha value is -0.950. The Morgan fingerprint density at radius 3 is 2.38 bits per heavy atom. The standard InChI is InChI=1S/C20H36O6/c1-14(21)7-6-8-15(22)11-12-17-16(18(23)13-19(17)24)9-4-2-3-5-10-20(25)26/h11-12,14-19,21-24H,2-10,13H2,1H3,(H,25,26). The monoisotopic (exact) mass is 372 g/mol. The van der Waals surface area contributed by atoms with Crippen molar-refractivity contribution in [2.75, 3.05) is 0 Å². The first kappa shape index (κ1) is 23.1. The van der Waals surface area contributed by atoms with Gasteiger partial charge < -0.3 is 25.5 Å². The molecule has 0 saturated heterocycles. The van der Waals surface area contributed by atoms with Crippen LogP contribution < -0.4 is 0 Å². The molecule has 0 aromatic rings. The fourth-order valence-electron chi connectivity index (χ4n) is 3.76. The zero-order chi connectivity index (χ0) is 19.5. The topological polar surface area (TPSA) is 118 Å². The van der Waals surface area contributed by atoms with Crippen molar-refractivity contribution in [2.45, 2.75) is 95.5 Å². The van der Waals surface area contributed by atoms with Crippen LogP contribution in [-0.4, -0.2) is 55.9 Å². The molecule has 5 N–H and O–H groups in total. The third-order valence-corrected chi connectivity index (χ3v) is 5.27. The van der Waals surface area contributed by atoms with Crippen LogP contribution in [0.25, 0.3) is 0 Å². The van der Waals surface area contributed by atoms with E-state index in [1.807, 2.05) is 6.08 Å². The summed E-state index contributed by atoms with van der Waals surface area (Å²) in [5.74, 6) is -0.947. The van der Waals surface area contributed by atoms with E-state index in [0.717, 1.165) is 32.1 Å². The summed E-state index contributed by atoms with van der Waals surface area (Å²) in [6.45, 7) is 1.73. The van der Waals surface area contributed by atoms with Crippen molar-refractivity contribution in [3.63, 3.8) is 0 Å². The first-order valence-electron chi connectivity index (χ1n) is 9.93. The minimum Gasteiger partial charge on any atom is -0.481 e. The molecular formula is C20H36O6. The normalized spacial score (nSPS) is 28.5. The van der Waals surface area contributed by atoms with Crippen LogP contribution >= 0.6 is 0 Å². The Bertz CT molecular complexity index is 423. The number of hydrogen-bond donors (Lipinski definition) is 5. The van der Waals surface area contributed by atoms with Crippen LogP contribution in [0.2, 0.25) is 0 Å². The van der Waals surface area contributed by atoms with Gasteiger partial charge in [-0.3, -0.25) is 4.79 Å². The zero-order valence-corrected chi connectivity index (χ0v) is 15.8. The van der Waals surface area contributed by atoms with E-state index in [1.165, 1.54) is 0 Å². The van der Waals surface area contributed by atoms with E-state index in [-0.39, 0.29) is 24.4 Å². The number of unbranched alkanes of at least 4 members (excludes halogenated alkanes) is 3. The van der Waals surface area contributed by atoms with Crippen LogP contribution in [0.15, 0.2) is 12.2 Å². The van der Waals surface area contributed by atoms with E-state index in [4.69, 9.17) is 5.11 Å². The lowest BCUT2D eigenvalue weighted by atomic mass is 9.88. The van der Waals surface area contributed by atoms with Crippen molar-refractivity contribution < 1.29 is 30.3 Å². The number of rotatable bonds is 13. The van der Waals surface area contributed by atoms with Gasteiger partial charge >= 0.3 is 5.97 Å². The Balaban J connectivity index is 2.38. The molecule has 0 aromatic carbocycles. The molecule has 0 heterocycles. The highest BCUT2D eigenvalue weighted by Crippen LogP contribution is 2.37. The molecule has 0 bridgehead atoms. The quantitative estimate of drug-likeness (QED) is 0.250. The predicted molar refractivity (Wildman–Crippen MR) is 99.6 cm³/mol. The lowest BCUT2D eigenvalue weighted by molar-refractivity contribution is -0.137. The van der Waals surface area contributed by atoms with Gasteiger partial charge in [-0.25, -0.2) is 0 Å². The highest BCUT2D eigenvalue weighted by Gasteiger charge is 2.39. The average molecular weight is 373 g/mol. The molecule has 1 aliphatic rings. The number of carboxylic acid groups (broad SMARTS) is 1. The molecule has 6 nitrogen and oxygen atoms in total. The van der Waals surface area contributed by atoms with E-state index < -0.39 is 24.3 Å². The third-order valence-electron chi connectivity index (χ3n) is 5.27. The van der Waals surface area contributed by atoms with Gasteiger partial charge in [0.05, 0.1) is 24.4 Å². The van der Waals surface area contributed by atoms with Crippen molar-refractivity contribution in [1.29, 1.82) is 0 Å². The highest BCUT2D eigenvalue weighted by molar-refractivity contribution is 5.66. The maximum absolute atomic E-state index is 10.5. The highest BCUT2D eigenvalue weighted by atomic mass is 16.4. The summed E-state index contributed by atoms with van der Waals surface area (Å²) in [6.07, 6.45) is 8.10. The molecule has 1 saturated carbocycles. The molecule has 6 heteroatoms. The number of carbonyl (C=O) groups is 1. The second-order valence-corrected chi connectivity index (χ2v) is 7.69. The second kappa shape index (κ2) is 12.4. The van der Waals surface area contributed by atoms with E-state index in [2.05, 4.69) is 0 Å². The third kappa shape index (κ3) is 9.12. The summed E-state index contributed by atoms with van der Waals surface area (Å²) in [5.41, 5.74) is 0. The van der Waals surface area contributed by atoms with Crippen molar-refractivity contribution in [3.05, 3.63) is 12.2 Å². The molecule has 1 fully saturated rings. The summed E-state index contributed by atoms with van der Waals surface area (Å²) < 4.78 is 0. The molecule has 152 valence electrons. The molecule has 26 heavy (non-hydrogen) atoms. The Kier molecular flexibility index (Phi) is 11.0. The molecule has 6 unspecified atom stereocenters. The smallest absolute Gasteiger partial charge is 0.303 e. The van der Waals surface area contributed by atoms with E-state index >= 15 is 0 Å². The Labute approximate surface area is 156 Å². The van der Waals surface area contributed by atoms with Gasteiger partial charge in [-0.1, -0.05) is 31.4 Å². The predicted octanol–water partition coefficient (Wildman–Crippen LogP) is 2.24. The molecule has 0 spiro atoms. The first-order valence-corrected chi connectivity index (χ1v) is 9.93. The van der Waals surface area contributed by atoms with Crippen LogP contribution in [0.5, 0.6) is 0 Å². The van der Waals surface area contributed by atoms with Crippen LogP contribution in [0.3, 0.4) is 0 Å². The second-order valence-electron chi connectivity index (χ2n) is 7.69. The van der Waals surface area contributed by atoms with Crippen LogP contribution in [0.1, 0.15) is 71.1 Å². The van der Waals surface area contributed by atoms with Gasteiger partial charge in [0.2, 0.25) is 0 Å². The minimum atomic E-state index is -0.767. The van der Waals surface area contributed by atoms with Gasteiger partial charge in [-0.05, 0) is 44.9 Å². The van der Waals surface area contributed by atoms with Crippen molar-refractivity contribution in [1.82, 2.24) is 0 Å². The van der Waals surface area contributed by atoms with E-state index in [0.29, 0.717) is 25.7 Å². The molecule has 1 aliphatic carbocycles. The lowest BCUT2D eigenvalue weighted by Gasteiger charge is -2.21. The fraction of sp³-hybridized carbons (Fsp3) is 0.850. The molecule has 0 aliphatic heterocycles. The maximum atomic E-state index is 10.5. The Morgan fingerprint density at radius 2 is 1.73 bits per heavy atom. The molecule has 0 radical (unpaired) electrons. The molecular weight excluding hydrogens is 336 g/mol. The van der Waals surface area contributed by atoms with Crippen LogP contribution in [0, 0.1) is 11.8 Å². The van der Waals surface area contributed by atoms with Crippen molar-refractivity contribution in [2.24, 2.45) is 11.8 Å². The van der Waals surface area contributed by atoms with Gasteiger partial charge in [-0.15, -0.1) is 0 Å². The fourth-order valence-corrected chi connectivity index (χ4v) is 3.76. The largest absolute Gasteiger partial charge is 0.481 e. The van der Waals surface area contributed by atoms with Gasteiger partial charge in [0.25, 0.3) is 0 Å². The number of carboxylic acids is 1. The Morgan fingerprint density at radius 1 is 1.04 bits per heavy atom. The van der Waals surface area contributed by atoms with E-state index in [9.17, 15) is 25.2 Å². The number of aliphatic hydroxyl groups excluding tert-OH is 4. The zero-order valence-electron chi connectivity index (χ0n) is 15.8. The van der Waals surface area contributed by atoms with Gasteiger partial charge in [0.1, 0.15) is 0 Å². The molecule has 1 rings (SSSR count). The molecule has 6 atom stereocenters. The first-order chi connectivity index (χ1) is 12.3. The summed E-state index contributed by atoms with van der Waals surface area (Å²) in [5, 5.41) is 48.3. The van der Waals surface area contributed by atoms with E-state index in [1.54, 1.807) is 13.0 Å². The molecule has 0 amide bonds. The summed E-state index contributed by atoms with van der Waals surface area (Å²) >= 11 is 0. The summed E-state index contributed by atoms with van der Waals surface area (Å²) in [4.78, 5) is 10.5. The lowest BCUT2D eigenvalue weighted by Crippen LogP contribution is -2.21.